The topological polar surface area (TPSA) is 128 Å². The van der Waals surface area contributed by atoms with Crippen LogP contribution in [0.5, 0.6) is 0 Å². The summed E-state index contributed by atoms with van der Waals surface area (Å²) in [5, 5.41) is 1.46. The minimum absolute atomic E-state index is 0.0767. The first-order valence-electron chi connectivity index (χ1n) is 11.8. The maximum atomic E-state index is 12.4. The molecular weight excluding hydrogens is 516 g/mol. The van der Waals surface area contributed by atoms with Crippen LogP contribution < -0.4 is 14.8 Å². The molecule has 0 saturated heterocycles. The van der Waals surface area contributed by atoms with Gasteiger partial charge in [-0.15, -0.1) is 0 Å². The molecule has 2 aromatic rings. The van der Waals surface area contributed by atoms with Crippen molar-refractivity contribution in [2.45, 2.75) is 30.6 Å². The summed E-state index contributed by atoms with van der Waals surface area (Å²) < 4.78 is 76.2. The van der Waals surface area contributed by atoms with Gasteiger partial charge in [-0.05, 0) is 51.1 Å². The third-order valence-corrected chi connectivity index (χ3v) is 8.27. The Morgan fingerprint density at radius 1 is 0.838 bits per heavy atom. The van der Waals surface area contributed by atoms with Gasteiger partial charge in [0.2, 0.25) is 5.36 Å². The van der Waals surface area contributed by atoms with Crippen molar-refractivity contribution >= 4 is 36.9 Å². The van der Waals surface area contributed by atoms with E-state index in [-0.39, 0.29) is 5.56 Å². The predicted octanol–water partition coefficient (Wildman–Crippen LogP) is 3.97. The summed E-state index contributed by atoms with van der Waals surface area (Å²) in [5.41, 5.74) is 2.50. The molecule has 0 atom stereocenters. The highest BCUT2D eigenvalue weighted by Crippen LogP contribution is 2.43. The highest BCUT2D eigenvalue weighted by Gasteiger charge is 2.26. The van der Waals surface area contributed by atoms with Crippen molar-refractivity contribution in [1.29, 1.82) is 0 Å². The fourth-order valence-electron chi connectivity index (χ4n) is 4.45. The summed E-state index contributed by atoms with van der Waals surface area (Å²) in [7, 11) is -7.66. The van der Waals surface area contributed by atoms with Crippen molar-refractivity contribution in [3.05, 3.63) is 60.0 Å². The van der Waals surface area contributed by atoms with E-state index >= 15 is 0 Å². The van der Waals surface area contributed by atoms with Crippen molar-refractivity contribution in [2.24, 2.45) is 0 Å². The Kier molecular flexibility index (Phi) is 7.17. The van der Waals surface area contributed by atoms with E-state index in [0.29, 0.717) is 27.9 Å². The summed E-state index contributed by atoms with van der Waals surface area (Å²) in [5.74, 6) is 0.483. The summed E-state index contributed by atoms with van der Waals surface area (Å²) in [4.78, 5) is 0.859. The second kappa shape index (κ2) is 9.90. The van der Waals surface area contributed by atoms with E-state index in [2.05, 4.69) is 4.90 Å². The first kappa shape index (κ1) is 26.8. The van der Waals surface area contributed by atoms with Gasteiger partial charge in [0.1, 0.15) is 29.8 Å². The molecule has 0 aromatic heterocycles. The van der Waals surface area contributed by atoms with Crippen LogP contribution >= 0.6 is 0 Å². The smallest absolute Gasteiger partial charge is 0.295 e. The monoisotopic (exact) mass is 545 g/mol. The number of fused-ring (bicyclic) bond motifs is 2. The van der Waals surface area contributed by atoms with Crippen LogP contribution in [0.3, 0.4) is 0 Å². The van der Waals surface area contributed by atoms with Gasteiger partial charge >= 0.3 is 0 Å². The largest absolute Gasteiger partial charge is 0.456 e. The van der Waals surface area contributed by atoms with E-state index < -0.39 is 30.0 Å². The first-order chi connectivity index (χ1) is 17.4. The van der Waals surface area contributed by atoms with E-state index in [4.69, 9.17) is 4.42 Å². The zero-order valence-electron chi connectivity index (χ0n) is 21.0. The third-order valence-electron chi connectivity index (χ3n) is 6.53. The molecule has 1 aliphatic heterocycles. The first-order valence-corrected chi connectivity index (χ1v) is 14.7. The molecule has 2 aliphatic rings. The molecule has 0 amide bonds. The van der Waals surface area contributed by atoms with Gasteiger partial charge in [0.05, 0.1) is 11.0 Å². The second-order valence-corrected chi connectivity index (χ2v) is 11.4. The Hall–Kier alpha value is -3.25. The van der Waals surface area contributed by atoms with Gasteiger partial charge in [0.15, 0.2) is 0 Å². The van der Waals surface area contributed by atoms with Crippen LogP contribution in [-0.2, 0) is 20.2 Å². The molecule has 11 heteroatoms. The zero-order valence-corrected chi connectivity index (χ0v) is 22.6. The minimum atomic E-state index is -4.88. The van der Waals surface area contributed by atoms with Gasteiger partial charge in [-0.3, -0.25) is 9.11 Å². The van der Waals surface area contributed by atoms with Crippen LogP contribution in [0.2, 0.25) is 0 Å². The van der Waals surface area contributed by atoms with Crippen LogP contribution in [0.25, 0.3) is 33.4 Å². The zero-order chi connectivity index (χ0) is 27.1. The maximum Gasteiger partial charge on any atom is 0.295 e. The molecule has 2 aromatic carbocycles. The summed E-state index contributed by atoms with van der Waals surface area (Å²) in [6.45, 7) is 8.40. The molecule has 2 N–H and O–H groups in total. The molecule has 1 heterocycles. The molecule has 9 nitrogen and oxygen atoms in total. The van der Waals surface area contributed by atoms with E-state index in [9.17, 15) is 25.9 Å². The predicted molar refractivity (Wildman–Crippen MR) is 143 cm³/mol. The van der Waals surface area contributed by atoms with Crippen molar-refractivity contribution in [3.63, 3.8) is 0 Å². The molecule has 0 fully saturated rings. The van der Waals surface area contributed by atoms with Crippen LogP contribution in [-0.4, -0.2) is 52.6 Å². The maximum absolute atomic E-state index is 12.4. The average molecular weight is 546 g/mol. The Labute approximate surface area is 216 Å². The summed E-state index contributed by atoms with van der Waals surface area (Å²) >= 11 is 0. The summed E-state index contributed by atoms with van der Waals surface area (Å²) in [6, 6.07) is 14.3. The quantitative estimate of drug-likeness (QED) is 0.203. The lowest BCUT2D eigenvalue weighted by molar-refractivity contribution is 0.481. The number of hydrogen-bond acceptors (Lipinski definition) is 6. The summed E-state index contributed by atoms with van der Waals surface area (Å²) in [6.07, 6.45) is 0. The van der Waals surface area contributed by atoms with E-state index in [1.807, 2.05) is 62.7 Å². The molecule has 1 aliphatic carbocycles. The molecule has 4 rings (SSSR count). The number of hydrogen-bond donors (Lipinski definition) is 2. The van der Waals surface area contributed by atoms with Crippen LogP contribution in [0, 0.1) is 0 Å². The highest BCUT2D eigenvalue weighted by atomic mass is 32.2. The second-order valence-electron chi connectivity index (χ2n) is 8.63. The van der Waals surface area contributed by atoms with E-state index in [1.165, 1.54) is 6.07 Å². The van der Waals surface area contributed by atoms with Crippen molar-refractivity contribution in [1.82, 2.24) is 4.58 Å². The van der Waals surface area contributed by atoms with Crippen molar-refractivity contribution < 1.29 is 30.4 Å². The molecule has 196 valence electrons. The Bertz CT molecular complexity index is 1750. The van der Waals surface area contributed by atoms with Crippen LogP contribution in [0.1, 0.15) is 20.8 Å². The van der Waals surface area contributed by atoms with Crippen LogP contribution in [0.4, 0.5) is 5.69 Å². The third kappa shape index (κ3) is 5.12. The van der Waals surface area contributed by atoms with E-state index in [1.54, 1.807) is 6.07 Å². The minimum Gasteiger partial charge on any atom is -0.456 e. The van der Waals surface area contributed by atoms with Gasteiger partial charge in [-0.25, -0.2) is 4.58 Å². The van der Waals surface area contributed by atoms with E-state index in [0.717, 1.165) is 42.8 Å². The molecule has 0 spiro atoms. The number of nitrogens with zero attached hydrogens (tertiary/aromatic N) is 2. The number of anilines is 1. The molecule has 0 unspecified atom stereocenters. The SMILES string of the molecule is CCN(CC)c1ccc2c(-c3ccc(S(=O)(=O)O)cc3S(=O)(=O)O)c3ccc(=[N+](C)CC)cc-3oc2c1. The van der Waals surface area contributed by atoms with Crippen LogP contribution in [0.15, 0.2) is 68.8 Å². The standard InChI is InChI=1S/C26H28N2O7S2/c1-5-27(4)17-8-11-20-23(14-17)35-24-15-18(28(6-2)7-3)9-12-21(24)26(20)22-13-10-19(36(29,30)31)16-25(22)37(32,33)34/h8-16H,5-7H2,1-4H3,(H-,29,30,31,32,33,34)/p+1. The lowest BCUT2D eigenvalue weighted by Crippen LogP contribution is -2.25. The Morgan fingerprint density at radius 2 is 1.51 bits per heavy atom. The van der Waals surface area contributed by atoms with Crippen molar-refractivity contribution in [2.75, 3.05) is 31.6 Å². The van der Waals surface area contributed by atoms with Gasteiger partial charge in [0.25, 0.3) is 20.2 Å². The van der Waals surface area contributed by atoms with Gasteiger partial charge in [-0.1, -0.05) is 6.07 Å². The fourth-order valence-corrected chi connectivity index (χ4v) is 5.75. The normalized spacial score (nSPS) is 13.2. The Balaban J connectivity index is 2.19. The van der Waals surface area contributed by atoms with Gasteiger partial charge < -0.3 is 9.32 Å². The molecular formula is C26H29N2O7S2+. The number of benzene rings is 3. The highest BCUT2D eigenvalue weighted by molar-refractivity contribution is 7.86. The Morgan fingerprint density at radius 3 is 2.11 bits per heavy atom. The lowest BCUT2D eigenvalue weighted by atomic mass is 9.93. The molecule has 0 radical (unpaired) electrons. The molecule has 0 bridgehead atoms. The van der Waals surface area contributed by atoms with Gasteiger partial charge in [-0.2, -0.15) is 16.8 Å². The van der Waals surface area contributed by atoms with Crippen molar-refractivity contribution in [3.8, 4) is 22.5 Å². The van der Waals surface area contributed by atoms with Gasteiger partial charge in [0, 0.05) is 53.0 Å². The average Bonchev–Trinajstić information content (AvgIpc) is 2.85. The molecule has 37 heavy (non-hydrogen) atoms. The molecule has 0 saturated carbocycles. The fraction of sp³-hybridized carbons (Fsp3) is 0.269. The lowest BCUT2D eigenvalue weighted by Gasteiger charge is -2.22. The number of rotatable bonds is 7.